The number of nitrogens with two attached hydrogens (primary N) is 1. The van der Waals surface area contributed by atoms with Crippen molar-refractivity contribution in [2.24, 2.45) is 10.7 Å². The maximum Gasteiger partial charge on any atom is 0.269 e. The van der Waals surface area contributed by atoms with Gasteiger partial charge in [-0.2, -0.15) is 0 Å². The number of non-ortho nitro benzene ring substituents is 1. The molecular formula is C14H14N4O2. The van der Waals surface area contributed by atoms with Crippen LogP contribution in [0.3, 0.4) is 0 Å². The fourth-order valence-electron chi connectivity index (χ4n) is 1.65. The van der Waals surface area contributed by atoms with Crippen LogP contribution in [0.1, 0.15) is 5.56 Å². The molecule has 0 saturated carbocycles. The molecule has 0 unspecified atom stereocenters. The number of guanidine groups is 1. The first-order valence-corrected chi connectivity index (χ1v) is 6.00. The normalized spacial score (nSPS) is 11.1. The fourth-order valence-corrected chi connectivity index (χ4v) is 1.65. The third-order valence-corrected chi connectivity index (χ3v) is 2.60. The molecule has 0 radical (unpaired) electrons. The summed E-state index contributed by atoms with van der Waals surface area (Å²) in [4.78, 5) is 14.4. The van der Waals surface area contributed by atoms with E-state index in [2.05, 4.69) is 10.3 Å². The van der Waals surface area contributed by atoms with E-state index >= 15 is 0 Å². The molecule has 0 aliphatic heterocycles. The van der Waals surface area contributed by atoms with Crippen LogP contribution in [0.4, 0.5) is 11.4 Å². The number of para-hydroxylation sites is 1. The minimum Gasteiger partial charge on any atom is -0.370 e. The number of rotatable bonds is 4. The topological polar surface area (TPSA) is 93.5 Å². The predicted octanol–water partition coefficient (Wildman–Crippen LogP) is 2.52. The molecule has 6 heteroatoms. The first kappa shape index (κ1) is 13.5. The second kappa shape index (κ2) is 6.33. The molecule has 6 nitrogen and oxygen atoms in total. The molecule has 0 spiro atoms. The average Bonchev–Trinajstić information content (AvgIpc) is 2.46. The minimum atomic E-state index is -0.432. The van der Waals surface area contributed by atoms with E-state index in [0.29, 0.717) is 0 Å². The van der Waals surface area contributed by atoms with Crippen molar-refractivity contribution in [3.63, 3.8) is 0 Å². The van der Waals surface area contributed by atoms with Crippen molar-refractivity contribution >= 4 is 17.3 Å². The van der Waals surface area contributed by atoms with E-state index in [9.17, 15) is 10.1 Å². The number of nitrogens with one attached hydrogen (secondary N) is 1. The number of hydrogen-bond donors (Lipinski definition) is 2. The van der Waals surface area contributed by atoms with Crippen molar-refractivity contribution in [3.05, 3.63) is 70.3 Å². The van der Waals surface area contributed by atoms with Gasteiger partial charge in [-0.25, -0.2) is 4.99 Å². The number of benzene rings is 2. The fraction of sp³-hybridized carbons (Fsp3) is 0.0714. The molecule has 0 amide bonds. The van der Waals surface area contributed by atoms with Gasteiger partial charge in [0.2, 0.25) is 0 Å². The smallest absolute Gasteiger partial charge is 0.269 e. The van der Waals surface area contributed by atoms with Crippen LogP contribution in [-0.2, 0) is 6.54 Å². The summed E-state index contributed by atoms with van der Waals surface area (Å²) in [5.41, 5.74) is 7.38. The number of nitro groups is 1. The third-order valence-electron chi connectivity index (χ3n) is 2.60. The van der Waals surface area contributed by atoms with Gasteiger partial charge in [0.25, 0.3) is 5.69 Å². The molecule has 0 saturated heterocycles. The maximum atomic E-state index is 10.7. The standard InChI is InChI=1S/C14H14N4O2/c15-14(17-12-6-2-1-3-7-12)16-10-11-5-4-8-13(9-11)18(19)20/h1-9H,10H2,(H3,15,16,17). The summed E-state index contributed by atoms with van der Waals surface area (Å²) in [6, 6.07) is 15.7. The lowest BCUT2D eigenvalue weighted by Gasteiger charge is -2.05. The second-order valence-electron chi connectivity index (χ2n) is 4.12. The Bertz CT molecular complexity index is 626. The molecule has 2 rings (SSSR count). The summed E-state index contributed by atoms with van der Waals surface area (Å²) in [6.45, 7) is 0.285. The monoisotopic (exact) mass is 270 g/mol. The van der Waals surface area contributed by atoms with Crippen LogP contribution in [0.15, 0.2) is 59.6 Å². The van der Waals surface area contributed by atoms with Gasteiger partial charge in [0.15, 0.2) is 5.96 Å². The number of nitro benzene ring substituents is 1. The van der Waals surface area contributed by atoms with Crippen molar-refractivity contribution < 1.29 is 4.92 Å². The summed E-state index contributed by atoms with van der Waals surface area (Å²) in [5.74, 6) is 0.266. The van der Waals surface area contributed by atoms with Crippen molar-refractivity contribution in [2.45, 2.75) is 6.54 Å². The molecule has 2 aromatic rings. The van der Waals surface area contributed by atoms with Gasteiger partial charge in [-0.05, 0) is 17.7 Å². The third kappa shape index (κ3) is 3.81. The van der Waals surface area contributed by atoms with Crippen LogP contribution >= 0.6 is 0 Å². The highest BCUT2D eigenvalue weighted by Gasteiger charge is 2.05. The van der Waals surface area contributed by atoms with Gasteiger partial charge in [0, 0.05) is 17.8 Å². The van der Waals surface area contributed by atoms with Crippen LogP contribution in [0.2, 0.25) is 0 Å². The lowest BCUT2D eigenvalue weighted by Crippen LogP contribution is -2.22. The van der Waals surface area contributed by atoms with E-state index in [1.807, 2.05) is 30.3 Å². The van der Waals surface area contributed by atoms with Gasteiger partial charge >= 0.3 is 0 Å². The number of hydrogen-bond acceptors (Lipinski definition) is 3. The highest BCUT2D eigenvalue weighted by molar-refractivity contribution is 5.92. The van der Waals surface area contributed by atoms with E-state index in [1.165, 1.54) is 12.1 Å². The van der Waals surface area contributed by atoms with E-state index in [4.69, 9.17) is 5.73 Å². The quantitative estimate of drug-likeness (QED) is 0.386. The number of aliphatic imine (C=N–C) groups is 1. The Morgan fingerprint density at radius 3 is 2.65 bits per heavy atom. The average molecular weight is 270 g/mol. The zero-order valence-corrected chi connectivity index (χ0v) is 10.7. The van der Waals surface area contributed by atoms with Gasteiger partial charge < -0.3 is 11.1 Å². The summed E-state index contributed by atoms with van der Waals surface area (Å²) in [6.07, 6.45) is 0. The van der Waals surface area contributed by atoms with Crippen molar-refractivity contribution in [3.8, 4) is 0 Å². The first-order valence-electron chi connectivity index (χ1n) is 6.00. The Morgan fingerprint density at radius 2 is 1.95 bits per heavy atom. The molecule has 0 bridgehead atoms. The van der Waals surface area contributed by atoms with Crippen molar-refractivity contribution in [2.75, 3.05) is 5.32 Å². The Balaban J connectivity index is 2.01. The van der Waals surface area contributed by atoms with Gasteiger partial charge in [0.05, 0.1) is 11.5 Å². The second-order valence-corrected chi connectivity index (χ2v) is 4.12. The largest absolute Gasteiger partial charge is 0.370 e. The van der Waals surface area contributed by atoms with Crippen LogP contribution in [0, 0.1) is 10.1 Å². The Labute approximate surface area is 116 Å². The summed E-state index contributed by atoms with van der Waals surface area (Å²) in [7, 11) is 0. The summed E-state index contributed by atoms with van der Waals surface area (Å²) >= 11 is 0. The zero-order valence-electron chi connectivity index (χ0n) is 10.7. The van der Waals surface area contributed by atoms with Crippen molar-refractivity contribution in [1.29, 1.82) is 0 Å². The molecule has 0 aliphatic carbocycles. The van der Waals surface area contributed by atoms with E-state index in [-0.39, 0.29) is 18.2 Å². The van der Waals surface area contributed by atoms with Gasteiger partial charge in [0.1, 0.15) is 0 Å². The Hall–Kier alpha value is -2.89. The minimum absolute atomic E-state index is 0.0484. The van der Waals surface area contributed by atoms with E-state index in [1.54, 1.807) is 12.1 Å². The highest BCUT2D eigenvalue weighted by Crippen LogP contribution is 2.13. The SMILES string of the molecule is NC(=NCc1cccc([N+](=O)[O-])c1)Nc1ccccc1. The molecule has 102 valence electrons. The molecule has 3 N–H and O–H groups in total. The molecule has 2 aromatic carbocycles. The summed E-state index contributed by atoms with van der Waals surface area (Å²) in [5, 5.41) is 13.6. The lowest BCUT2D eigenvalue weighted by atomic mass is 10.2. The van der Waals surface area contributed by atoms with Gasteiger partial charge in [-0.15, -0.1) is 0 Å². The van der Waals surface area contributed by atoms with Crippen LogP contribution in [0.5, 0.6) is 0 Å². The first-order chi connectivity index (χ1) is 9.65. The number of anilines is 1. The van der Waals surface area contributed by atoms with Gasteiger partial charge in [-0.3, -0.25) is 10.1 Å². The van der Waals surface area contributed by atoms with Gasteiger partial charge in [-0.1, -0.05) is 30.3 Å². The van der Waals surface area contributed by atoms with Crippen molar-refractivity contribution in [1.82, 2.24) is 0 Å². The van der Waals surface area contributed by atoms with Crippen LogP contribution in [0.25, 0.3) is 0 Å². The highest BCUT2D eigenvalue weighted by atomic mass is 16.6. The number of nitrogens with zero attached hydrogens (tertiary/aromatic N) is 2. The molecule has 0 fully saturated rings. The zero-order chi connectivity index (χ0) is 14.4. The molecular weight excluding hydrogens is 256 g/mol. The molecule has 0 atom stereocenters. The van der Waals surface area contributed by atoms with E-state index in [0.717, 1.165) is 11.3 Å². The molecule has 0 aliphatic rings. The molecule has 0 aromatic heterocycles. The predicted molar refractivity (Wildman–Crippen MR) is 78.5 cm³/mol. The van der Waals surface area contributed by atoms with E-state index < -0.39 is 4.92 Å². The van der Waals surface area contributed by atoms with Crippen LogP contribution in [-0.4, -0.2) is 10.9 Å². The Morgan fingerprint density at radius 1 is 1.20 bits per heavy atom. The summed E-state index contributed by atoms with van der Waals surface area (Å²) < 4.78 is 0. The Kier molecular flexibility index (Phi) is 4.28. The van der Waals surface area contributed by atoms with Crippen LogP contribution < -0.4 is 11.1 Å². The molecule has 20 heavy (non-hydrogen) atoms. The lowest BCUT2D eigenvalue weighted by molar-refractivity contribution is -0.384. The maximum absolute atomic E-state index is 10.7. The molecule has 0 heterocycles.